The van der Waals surface area contributed by atoms with Crippen molar-refractivity contribution in [2.75, 3.05) is 19.6 Å². The zero-order valence-electron chi connectivity index (χ0n) is 20.8. The smallest absolute Gasteiger partial charge is 0.226 e. The Labute approximate surface area is 202 Å². The number of aromatic nitrogens is 1. The van der Waals surface area contributed by atoms with Crippen molar-refractivity contribution in [1.29, 1.82) is 0 Å². The second kappa shape index (κ2) is 10.3. The molecule has 2 atom stereocenters. The first-order valence-electron chi connectivity index (χ1n) is 12.5. The molecular weight excluding hydrogens is 429 g/mol. The van der Waals surface area contributed by atoms with E-state index in [0.29, 0.717) is 24.6 Å². The summed E-state index contributed by atoms with van der Waals surface area (Å²) in [4.78, 5) is 34.3. The van der Waals surface area contributed by atoms with Gasteiger partial charge in [0.05, 0.1) is 0 Å². The van der Waals surface area contributed by atoms with Gasteiger partial charge in [-0.25, -0.2) is 4.39 Å². The van der Waals surface area contributed by atoms with Gasteiger partial charge in [0, 0.05) is 62.0 Å². The normalized spacial score (nSPS) is 20.1. The van der Waals surface area contributed by atoms with Crippen LogP contribution in [0.1, 0.15) is 65.9 Å². The quantitative estimate of drug-likeness (QED) is 0.555. The van der Waals surface area contributed by atoms with Crippen LogP contribution in [0.15, 0.2) is 30.5 Å². The Bertz CT molecular complexity index is 1050. The standard InChI is InChI=1S/C28H36FN3O2/c1-18-8-9-23(15-30-18)27(33)14-24-12-26(29)13-25(20(24)3)17-31-10-11-32(19(2)16-31)28(34)21(4)22-6-5-7-22/h8-9,12-13,15,19,21-22H,5-7,10-11,14,16-17H2,1-4H3/t19-,21?/m0/s1. The molecule has 2 aromatic rings. The first-order valence-corrected chi connectivity index (χ1v) is 12.5. The lowest BCUT2D eigenvalue weighted by Crippen LogP contribution is -2.55. The minimum absolute atomic E-state index is 0.0616. The number of aryl methyl sites for hydroxylation is 1. The molecule has 1 saturated carbocycles. The summed E-state index contributed by atoms with van der Waals surface area (Å²) in [5, 5.41) is 0. The zero-order chi connectivity index (χ0) is 24.4. The third kappa shape index (κ3) is 5.38. The summed E-state index contributed by atoms with van der Waals surface area (Å²) in [5.41, 5.74) is 3.98. The largest absolute Gasteiger partial charge is 0.337 e. The molecule has 1 aliphatic carbocycles. The molecule has 1 aliphatic heterocycles. The van der Waals surface area contributed by atoms with Crippen LogP contribution in [-0.2, 0) is 17.8 Å². The number of hydrogen-bond donors (Lipinski definition) is 0. The average Bonchev–Trinajstić information content (AvgIpc) is 2.75. The molecule has 2 heterocycles. The van der Waals surface area contributed by atoms with Gasteiger partial charge in [-0.15, -0.1) is 0 Å². The highest BCUT2D eigenvalue weighted by Gasteiger charge is 2.35. The number of ketones is 1. The second-order valence-corrected chi connectivity index (χ2v) is 10.2. The van der Waals surface area contributed by atoms with Crippen LogP contribution in [0.3, 0.4) is 0 Å². The van der Waals surface area contributed by atoms with Crippen molar-refractivity contribution in [3.8, 4) is 0 Å². The average molecular weight is 466 g/mol. The fraction of sp³-hybridized carbons (Fsp3) is 0.536. The summed E-state index contributed by atoms with van der Waals surface area (Å²) >= 11 is 0. The van der Waals surface area contributed by atoms with Gasteiger partial charge in [-0.05, 0) is 80.5 Å². The molecule has 2 aliphatic rings. The van der Waals surface area contributed by atoms with E-state index >= 15 is 0 Å². The van der Waals surface area contributed by atoms with Crippen LogP contribution < -0.4 is 0 Å². The minimum Gasteiger partial charge on any atom is -0.337 e. The summed E-state index contributed by atoms with van der Waals surface area (Å²) in [5.74, 6) is 0.557. The van der Waals surface area contributed by atoms with Crippen molar-refractivity contribution < 1.29 is 14.0 Å². The molecule has 1 amide bonds. The number of rotatable bonds is 7. The van der Waals surface area contributed by atoms with Gasteiger partial charge in [-0.1, -0.05) is 13.3 Å². The first kappa shape index (κ1) is 24.5. The second-order valence-electron chi connectivity index (χ2n) is 10.2. The van der Waals surface area contributed by atoms with Crippen molar-refractivity contribution in [2.45, 2.75) is 66.0 Å². The predicted octanol–water partition coefficient (Wildman–Crippen LogP) is 4.73. The Morgan fingerprint density at radius 2 is 1.88 bits per heavy atom. The summed E-state index contributed by atoms with van der Waals surface area (Å²) in [6, 6.07) is 6.77. The molecule has 182 valence electrons. The van der Waals surface area contributed by atoms with E-state index in [1.807, 2.05) is 24.8 Å². The lowest BCUT2D eigenvalue weighted by Gasteiger charge is -2.43. The Morgan fingerprint density at radius 1 is 1.15 bits per heavy atom. The van der Waals surface area contributed by atoms with Crippen LogP contribution in [-0.4, -0.2) is 52.2 Å². The molecule has 2 fully saturated rings. The predicted molar refractivity (Wildman–Crippen MR) is 131 cm³/mol. The minimum atomic E-state index is -0.318. The molecule has 0 spiro atoms. The fourth-order valence-corrected chi connectivity index (χ4v) is 5.20. The van der Waals surface area contributed by atoms with Gasteiger partial charge in [0.2, 0.25) is 5.91 Å². The highest BCUT2D eigenvalue weighted by Crippen LogP contribution is 2.34. The van der Waals surface area contributed by atoms with E-state index in [0.717, 1.165) is 35.5 Å². The third-order valence-corrected chi connectivity index (χ3v) is 7.81. The van der Waals surface area contributed by atoms with Gasteiger partial charge >= 0.3 is 0 Å². The summed E-state index contributed by atoms with van der Waals surface area (Å²) in [6.07, 6.45) is 5.32. The molecule has 5 nitrogen and oxygen atoms in total. The Morgan fingerprint density at radius 3 is 2.50 bits per heavy atom. The molecule has 0 N–H and O–H groups in total. The molecule has 6 heteroatoms. The van der Waals surface area contributed by atoms with Crippen molar-refractivity contribution in [1.82, 2.24) is 14.8 Å². The van der Waals surface area contributed by atoms with Crippen LogP contribution in [0.25, 0.3) is 0 Å². The number of amides is 1. The van der Waals surface area contributed by atoms with E-state index in [1.165, 1.54) is 25.3 Å². The fourth-order valence-electron chi connectivity index (χ4n) is 5.20. The molecule has 1 aromatic carbocycles. The molecule has 1 unspecified atom stereocenters. The van der Waals surface area contributed by atoms with Gasteiger partial charge < -0.3 is 4.90 Å². The highest BCUT2D eigenvalue weighted by atomic mass is 19.1. The maximum Gasteiger partial charge on any atom is 0.226 e. The van der Waals surface area contributed by atoms with Gasteiger partial charge in [-0.3, -0.25) is 19.5 Å². The van der Waals surface area contributed by atoms with E-state index in [2.05, 4.69) is 23.7 Å². The van der Waals surface area contributed by atoms with Crippen molar-refractivity contribution >= 4 is 11.7 Å². The van der Waals surface area contributed by atoms with E-state index in [4.69, 9.17) is 0 Å². The van der Waals surface area contributed by atoms with Crippen LogP contribution in [0.2, 0.25) is 0 Å². The van der Waals surface area contributed by atoms with Crippen LogP contribution >= 0.6 is 0 Å². The molecular formula is C28H36FN3O2. The number of piperazine rings is 1. The number of hydrogen-bond acceptors (Lipinski definition) is 4. The van der Waals surface area contributed by atoms with Gasteiger partial charge in [0.1, 0.15) is 5.82 Å². The van der Waals surface area contributed by atoms with Crippen molar-refractivity contribution in [2.24, 2.45) is 11.8 Å². The van der Waals surface area contributed by atoms with Crippen LogP contribution in [0.5, 0.6) is 0 Å². The van der Waals surface area contributed by atoms with Gasteiger partial charge in [-0.2, -0.15) is 0 Å². The lowest BCUT2D eigenvalue weighted by molar-refractivity contribution is -0.142. The van der Waals surface area contributed by atoms with E-state index in [9.17, 15) is 14.0 Å². The first-order chi connectivity index (χ1) is 16.2. The molecule has 0 radical (unpaired) electrons. The zero-order valence-corrected chi connectivity index (χ0v) is 20.8. The monoisotopic (exact) mass is 465 g/mol. The van der Waals surface area contributed by atoms with E-state index in [-0.39, 0.29) is 35.9 Å². The van der Waals surface area contributed by atoms with Crippen LogP contribution in [0, 0.1) is 31.5 Å². The molecule has 34 heavy (non-hydrogen) atoms. The number of benzene rings is 1. The molecule has 1 aromatic heterocycles. The Hall–Kier alpha value is -2.60. The van der Waals surface area contributed by atoms with Crippen LogP contribution in [0.4, 0.5) is 4.39 Å². The third-order valence-electron chi connectivity index (χ3n) is 7.81. The van der Waals surface area contributed by atoms with Crippen molar-refractivity contribution in [3.05, 3.63) is 64.2 Å². The number of pyridine rings is 1. The number of halogens is 1. The SMILES string of the molecule is Cc1ccc(C(=O)Cc2cc(F)cc(CN3CCN(C(=O)C(C)C4CCC4)[C@@H](C)C3)c2C)cn1. The maximum atomic E-state index is 14.5. The summed E-state index contributed by atoms with van der Waals surface area (Å²) in [6.45, 7) is 10.9. The van der Waals surface area contributed by atoms with E-state index in [1.54, 1.807) is 18.3 Å². The molecule has 0 bridgehead atoms. The van der Waals surface area contributed by atoms with E-state index < -0.39 is 0 Å². The lowest BCUT2D eigenvalue weighted by atomic mass is 9.76. The Balaban J connectivity index is 1.41. The highest BCUT2D eigenvalue weighted by molar-refractivity contribution is 5.97. The number of carbonyl (C=O) groups is 2. The number of carbonyl (C=O) groups excluding carboxylic acids is 2. The Kier molecular flexibility index (Phi) is 7.46. The van der Waals surface area contributed by atoms with Gasteiger partial charge in [0.15, 0.2) is 5.78 Å². The maximum absolute atomic E-state index is 14.5. The summed E-state index contributed by atoms with van der Waals surface area (Å²) in [7, 11) is 0. The molecule has 4 rings (SSSR count). The van der Waals surface area contributed by atoms with Crippen molar-refractivity contribution in [3.63, 3.8) is 0 Å². The number of Topliss-reactive ketones (excluding diaryl/α,β-unsaturated/α-hetero) is 1. The topological polar surface area (TPSA) is 53.5 Å². The number of nitrogens with zero attached hydrogens (tertiary/aromatic N) is 3. The molecule has 1 saturated heterocycles. The summed E-state index contributed by atoms with van der Waals surface area (Å²) < 4.78 is 14.5. The van der Waals surface area contributed by atoms with Gasteiger partial charge in [0.25, 0.3) is 0 Å².